The van der Waals surface area contributed by atoms with Crippen LogP contribution in [0.1, 0.15) is 28.8 Å². The van der Waals surface area contributed by atoms with Crippen LogP contribution in [-0.4, -0.2) is 51.7 Å². The van der Waals surface area contributed by atoms with Crippen LogP contribution >= 0.6 is 0 Å². The lowest BCUT2D eigenvalue weighted by molar-refractivity contribution is -0.0162. The molecule has 0 bridgehead atoms. The van der Waals surface area contributed by atoms with E-state index in [0.717, 1.165) is 16.9 Å². The summed E-state index contributed by atoms with van der Waals surface area (Å²) in [7, 11) is 1.64. The first-order chi connectivity index (χ1) is 14.6. The monoisotopic (exact) mass is 403 g/mol. The van der Waals surface area contributed by atoms with Crippen LogP contribution < -0.4 is 4.74 Å². The van der Waals surface area contributed by atoms with Crippen LogP contribution in [0, 0.1) is 0 Å². The fourth-order valence-corrected chi connectivity index (χ4v) is 3.91. The molecule has 1 fully saturated rings. The summed E-state index contributed by atoms with van der Waals surface area (Å²) in [6.07, 6.45) is 6.71. The number of aliphatic hydroxyl groups is 1. The van der Waals surface area contributed by atoms with E-state index in [0.29, 0.717) is 43.6 Å². The summed E-state index contributed by atoms with van der Waals surface area (Å²) in [6, 6.07) is 15.0. The van der Waals surface area contributed by atoms with E-state index in [4.69, 9.17) is 4.74 Å². The van der Waals surface area contributed by atoms with E-state index in [9.17, 15) is 9.90 Å². The molecule has 1 aromatic carbocycles. The van der Waals surface area contributed by atoms with E-state index in [1.54, 1.807) is 31.8 Å². The van der Waals surface area contributed by atoms with E-state index in [-0.39, 0.29) is 5.91 Å². The highest BCUT2D eigenvalue weighted by Gasteiger charge is 2.34. The molecule has 0 radical (unpaired) electrons. The molecule has 0 atom stereocenters. The first-order valence-electron chi connectivity index (χ1n) is 10.1. The summed E-state index contributed by atoms with van der Waals surface area (Å²) >= 11 is 0. The third kappa shape index (κ3) is 4.33. The van der Waals surface area contributed by atoms with Crippen LogP contribution in [0.5, 0.6) is 5.75 Å². The van der Waals surface area contributed by atoms with Gasteiger partial charge in [-0.25, -0.2) is 0 Å². The summed E-state index contributed by atoms with van der Waals surface area (Å²) in [5.74, 6) is 0.744. The van der Waals surface area contributed by atoms with Crippen LogP contribution in [0.25, 0.3) is 11.3 Å². The zero-order chi connectivity index (χ0) is 21.0. The quantitative estimate of drug-likeness (QED) is 0.707. The van der Waals surface area contributed by atoms with Crippen molar-refractivity contribution in [3.8, 4) is 17.0 Å². The second-order valence-corrected chi connectivity index (χ2v) is 7.68. The Morgan fingerprint density at radius 3 is 2.43 bits per heavy atom. The number of carbonyl (C=O) groups is 1. The normalized spacial score (nSPS) is 15.6. The summed E-state index contributed by atoms with van der Waals surface area (Å²) in [5, 5.41) is 11.1. The number of aromatic nitrogens is 2. The van der Waals surface area contributed by atoms with Gasteiger partial charge >= 0.3 is 0 Å². The van der Waals surface area contributed by atoms with Gasteiger partial charge in [0.1, 0.15) is 5.75 Å². The molecule has 2 aromatic heterocycles. The molecule has 0 unspecified atom stereocenters. The van der Waals surface area contributed by atoms with Gasteiger partial charge in [-0.1, -0.05) is 12.1 Å². The number of nitrogens with zero attached hydrogens (tertiary/aromatic N) is 3. The number of hydrogen-bond acceptors (Lipinski definition) is 5. The molecular weight excluding hydrogens is 378 g/mol. The van der Waals surface area contributed by atoms with Crippen LogP contribution in [0.3, 0.4) is 0 Å². The number of hydrogen-bond donors (Lipinski definition) is 1. The van der Waals surface area contributed by atoms with Crippen molar-refractivity contribution in [2.24, 2.45) is 0 Å². The van der Waals surface area contributed by atoms with Crippen molar-refractivity contribution >= 4 is 5.91 Å². The van der Waals surface area contributed by atoms with Gasteiger partial charge in [0.25, 0.3) is 5.91 Å². The third-order valence-electron chi connectivity index (χ3n) is 5.67. The fraction of sp³-hybridized carbons (Fsp3) is 0.292. The van der Waals surface area contributed by atoms with Gasteiger partial charge in [0, 0.05) is 43.7 Å². The maximum absolute atomic E-state index is 13.2. The number of piperidine rings is 1. The smallest absolute Gasteiger partial charge is 0.256 e. The van der Waals surface area contributed by atoms with E-state index in [1.165, 1.54) is 0 Å². The number of methoxy groups -OCH3 is 1. The summed E-state index contributed by atoms with van der Waals surface area (Å²) < 4.78 is 5.19. The Bertz CT molecular complexity index is 998. The average molecular weight is 403 g/mol. The summed E-state index contributed by atoms with van der Waals surface area (Å²) in [6.45, 7) is 1.02. The standard InChI is InChI=1S/C24H25N3O3/c1-30-20-6-4-18(5-7-20)17-24(29)10-15-27(16-11-24)23(28)21-3-2-12-26-22(21)19-8-13-25-14-9-19/h2-9,12-14,29H,10-11,15-17H2,1H3. The van der Waals surface area contributed by atoms with E-state index >= 15 is 0 Å². The highest BCUT2D eigenvalue weighted by atomic mass is 16.5. The molecule has 6 nitrogen and oxygen atoms in total. The van der Waals surface area contributed by atoms with Crippen LogP contribution in [0.15, 0.2) is 67.1 Å². The van der Waals surface area contributed by atoms with Crippen molar-refractivity contribution in [2.75, 3.05) is 20.2 Å². The highest BCUT2D eigenvalue weighted by molar-refractivity contribution is 5.99. The largest absolute Gasteiger partial charge is 0.497 e. The van der Waals surface area contributed by atoms with Gasteiger partial charge in [-0.15, -0.1) is 0 Å². The molecule has 0 aliphatic carbocycles. The van der Waals surface area contributed by atoms with Crippen LogP contribution in [0.4, 0.5) is 0 Å². The molecule has 1 N–H and O–H groups in total. The molecule has 30 heavy (non-hydrogen) atoms. The Morgan fingerprint density at radius 2 is 1.77 bits per heavy atom. The van der Waals surface area contributed by atoms with E-state index < -0.39 is 5.60 Å². The number of ether oxygens (including phenoxy) is 1. The predicted molar refractivity (Wildman–Crippen MR) is 114 cm³/mol. The Labute approximate surface area is 176 Å². The molecule has 6 heteroatoms. The first kappa shape index (κ1) is 20.0. The highest BCUT2D eigenvalue weighted by Crippen LogP contribution is 2.29. The Hall–Kier alpha value is -3.25. The summed E-state index contributed by atoms with van der Waals surface area (Å²) in [5.41, 5.74) is 2.34. The van der Waals surface area contributed by atoms with Crippen molar-refractivity contribution < 1.29 is 14.6 Å². The average Bonchev–Trinajstić information content (AvgIpc) is 2.80. The molecule has 3 aromatic rings. The second-order valence-electron chi connectivity index (χ2n) is 7.68. The summed E-state index contributed by atoms with van der Waals surface area (Å²) in [4.78, 5) is 23.5. The van der Waals surface area contributed by atoms with Crippen molar-refractivity contribution in [3.63, 3.8) is 0 Å². The van der Waals surface area contributed by atoms with Gasteiger partial charge in [-0.05, 0) is 54.8 Å². The van der Waals surface area contributed by atoms with Gasteiger partial charge in [0.2, 0.25) is 0 Å². The number of carbonyl (C=O) groups excluding carboxylic acids is 1. The van der Waals surface area contributed by atoms with Crippen LogP contribution in [-0.2, 0) is 6.42 Å². The Kier molecular flexibility index (Phi) is 5.77. The number of pyridine rings is 2. The SMILES string of the molecule is COc1ccc(CC2(O)CCN(C(=O)c3cccnc3-c3ccncc3)CC2)cc1. The van der Waals surface area contributed by atoms with E-state index in [2.05, 4.69) is 9.97 Å². The van der Waals surface area contributed by atoms with E-state index in [1.807, 2.05) is 47.4 Å². The maximum atomic E-state index is 13.2. The molecule has 1 aliphatic heterocycles. The van der Waals surface area contributed by atoms with Crippen molar-refractivity contribution in [3.05, 3.63) is 78.2 Å². The van der Waals surface area contributed by atoms with Crippen molar-refractivity contribution in [1.82, 2.24) is 14.9 Å². The topological polar surface area (TPSA) is 75.6 Å². The maximum Gasteiger partial charge on any atom is 0.256 e. The zero-order valence-corrected chi connectivity index (χ0v) is 17.0. The molecule has 3 heterocycles. The molecule has 0 saturated carbocycles. The molecular formula is C24H25N3O3. The zero-order valence-electron chi connectivity index (χ0n) is 17.0. The van der Waals surface area contributed by atoms with Gasteiger partial charge in [0.15, 0.2) is 0 Å². The van der Waals surface area contributed by atoms with Gasteiger partial charge in [-0.2, -0.15) is 0 Å². The van der Waals surface area contributed by atoms with Crippen LogP contribution in [0.2, 0.25) is 0 Å². The van der Waals surface area contributed by atoms with Crippen molar-refractivity contribution in [1.29, 1.82) is 0 Å². The minimum absolute atomic E-state index is 0.0543. The minimum atomic E-state index is -0.811. The second kappa shape index (κ2) is 8.63. The predicted octanol–water partition coefficient (Wildman–Crippen LogP) is 3.36. The third-order valence-corrected chi connectivity index (χ3v) is 5.67. The Balaban J connectivity index is 1.45. The van der Waals surface area contributed by atoms with Gasteiger partial charge < -0.3 is 14.7 Å². The number of rotatable bonds is 5. The lowest BCUT2D eigenvalue weighted by Gasteiger charge is -2.38. The minimum Gasteiger partial charge on any atom is -0.497 e. The fourth-order valence-electron chi connectivity index (χ4n) is 3.91. The molecule has 1 aliphatic rings. The molecule has 0 spiro atoms. The molecule has 1 amide bonds. The van der Waals surface area contributed by atoms with Crippen molar-refractivity contribution in [2.45, 2.75) is 24.9 Å². The lowest BCUT2D eigenvalue weighted by Crippen LogP contribution is -2.47. The first-order valence-corrected chi connectivity index (χ1v) is 10.1. The Morgan fingerprint density at radius 1 is 1.07 bits per heavy atom. The number of amides is 1. The number of benzene rings is 1. The van der Waals surface area contributed by atoms with Gasteiger partial charge in [0.05, 0.1) is 24.0 Å². The number of likely N-dealkylation sites (tertiary alicyclic amines) is 1. The molecule has 4 rings (SSSR count). The molecule has 1 saturated heterocycles. The molecule has 154 valence electrons. The van der Waals surface area contributed by atoms with Gasteiger partial charge in [-0.3, -0.25) is 14.8 Å². The lowest BCUT2D eigenvalue weighted by atomic mass is 9.85.